The molecule has 0 bridgehead atoms. The summed E-state index contributed by atoms with van der Waals surface area (Å²) in [6.07, 6.45) is 2.13. The smallest absolute Gasteiger partial charge is 0.203 e. The average Bonchev–Trinajstić information content (AvgIpc) is 2.94. The van der Waals surface area contributed by atoms with Crippen molar-refractivity contribution in [3.8, 4) is 5.69 Å². The van der Waals surface area contributed by atoms with Crippen LogP contribution in [0.4, 0.5) is 5.69 Å². The molecular weight excluding hydrogens is 246 g/mol. The van der Waals surface area contributed by atoms with Crippen molar-refractivity contribution in [2.45, 2.75) is 20.4 Å². The molecule has 20 heavy (non-hydrogen) atoms. The van der Waals surface area contributed by atoms with Crippen molar-refractivity contribution < 1.29 is 4.68 Å². The summed E-state index contributed by atoms with van der Waals surface area (Å²) in [6, 6.07) is 10.4. The number of fused-ring (bicyclic) bond motifs is 5. The van der Waals surface area contributed by atoms with E-state index in [1.165, 1.54) is 27.9 Å². The zero-order valence-electron chi connectivity index (χ0n) is 11.5. The van der Waals surface area contributed by atoms with E-state index in [1.807, 2.05) is 18.2 Å². The van der Waals surface area contributed by atoms with Crippen LogP contribution in [-0.2, 0) is 6.54 Å². The second kappa shape index (κ2) is 3.71. The molecule has 2 heterocycles. The van der Waals surface area contributed by atoms with Gasteiger partial charge in [0.15, 0.2) is 12.2 Å². The number of hydrogen-bond donors (Lipinski definition) is 0. The highest BCUT2D eigenvalue weighted by Gasteiger charge is 2.28. The van der Waals surface area contributed by atoms with Crippen molar-refractivity contribution in [3.05, 3.63) is 64.6 Å². The van der Waals surface area contributed by atoms with Crippen LogP contribution in [0.5, 0.6) is 0 Å². The molecule has 4 rings (SSSR count). The highest BCUT2D eigenvalue weighted by molar-refractivity contribution is 5.83. The monoisotopic (exact) mass is 260 g/mol. The third-order valence-electron chi connectivity index (χ3n) is 4.17. The van der Waals surface area contributed by atoms with Crippen molar-refractivity contribution in [3.63, 3.8) is 0 Å². The quantitative estimate of drug-likeness (QED) is 0.339. The molecule has 0 N–H and O–H groups in total. The molecule has 0 radical (unpaired) electrons. The lowest BCUT2D eigenvalue weighted by atomic mass is 10.0. The first-order valence-corrected chi connectivity index (χ1v) is 6.70. The third-order valence-corrected chi connectivity index (χ3v) is 4.17. The lowest BCUT2D eigenvalue weighted by Crippen LogP contribution is -2.36. The molecule has 0 atom stereocenters. The van der Waals surface area contributed by atoms with E-state index >= 15 is 0 Å². The zero-order chi connectivity index (χ0) is 13.9. The van der Waals surface area contributed by atoms with Crippen molar-refractivity contribution in [2.75, 3.05) is 0 Å². The van der Waals surface area contributed by atoms with Crippen molar-refractivity contribution in [1.29, 1.82) is 0 Å². The van der Waals surface area contributed by atoms with Gasteiger partial charge in [-0.15, -0.1) is 9.36 Å². The number of benzene rings is 2. The van der Waals surface area contributed by atoms with Gasteiger partial charge in [-0.3, -0.25) is 0 Å². The largest absolute Gasteiger partial charge is 0.238 e. The summed E-state index contributed by atoms with van der Waals surface area (Å²) in [5.41, 5.74) is 7.15. The summed E-state index contributed by atoms with van der Waals surface area (Å²) < 4.78 is 4.48. The van der Waals surface area contributed by atoms with Gasteiger partial charge in [-0.2, -0.15) is 0 Å². The lowest BCUT2D eigenvalue weighted by Gasteiger charge is -2.03. The third kappa shape index (κ3) is 1.36. The number of aromatic nitrogens is 2. The minimum Gasteiger partial charge on any atom is -0.238 e. The van der Waals surface area contributed by atoms with Gasteiger partial charge in [0.1, 0.15) is 11.2 Å². The van der Waals surface area contributed by atoms with E-state index in [1.54, 1.807) is 0 Å². The van der Waals surface area contributed by atoms with E-state index in [0.29, 0.717) is 5.69 Å². The van der Waals surface area contributed by atoms with Gasteiger partial charge in [-0.05, 0) is 49.2 Å². The van der Waals surface area contributed by atoms with Gasteiger partial charge in [0, 0.05) is 5.56 Å². The average molecular weight is 260 g/mol. The van der Waals surface area contributed by atoms with Crippen LogP contribution in [-0.4, -0.2) is 4.68 Å². The molecule has 2 aromatic carbocycles. The Morgan fingerprint density at radius 1 is 1.15 bits per heavy atom. The Morgan fingerprint density at radius 2 is 1.95 bits per heavy atom. The standard InChI is InChI=1S/C17H14N3/c1-11-6-13-9-19-10-14-8-15(18-3)4-5-16(14)20(19)17(13)7-12(11)2/h4-8,10H,9H2,1-2H3/q+1. The van der Waals surface area contributed by atoms with Gasteiger partial charge in [0.05, 0.1) is 12.0 Å². The molecule has 96 valence electrons. The van der Waals surface area contributed by atoms with E-state index in [4.69, 9.17) is 6.57 Å². The number of nitrogens with zero attached hydrogens (tertiary/aromatic N) is 3. The first kappa shape index (κ1) is 11.2. The molecular formula is C17H14N3+. The number of hydrogen-bond acceptors (Lipinski definition) is 0. The van der Waals surface area contributed by atoms with E-state index < -0.39 is 0 Å². The Bertz CT molecular complexity index is 910. The van der Waals surface area contributed by atoms with Gasteiger partial charge in [-0.1, -0.05) is 6.07 Å². The SMILES string of the molecule is [C-]#[N+]c1ccc2c(c1)c[n+]1n2-c2cc(C)c(C)cc2C1. The Kier molecular flexibility index (Phi) is 2.08. The molecule has 3 heteroatoms. The van der Waals surface area contributed by atoms with Gasteiger partial charge in [-0.25, -0.2) is 4.85 Å². The Hall–Kier alpha value is -2.60. The molecule has 0 saturated heterocycles. The summed E-state index contributed by atoms with van der Waals surface area (Å²) in [6.45, 7) is 12.3. The number of aryl methyl sites for hydroxylation is 2. The van der Waals surface area contributed by atoms with Crippen LogP contribution in [0.25, 0.3) is 21.4 Å². The molecule has 0 unspecified atom stereocenters. The maximum absolute atomic E-state index is 7.12. The van der Waals surface area contributed by atoms with Crippen LogP contribution < -0.4 is 4.68 Å². The van der Waals surface area contributed by atoms with Gasteiger partial charge < -0.3 is 0 Å². The zero-order valence-corrected chi connectivity index (χ0v) is 11.5. The molecule has 1 aliphatic rings. The second-order valence-electron chi connectivity index (χ2n) is 5.46. The Morgan fingerprint density at radius 3 is 2.75 bits per heavy atom. The van der Waals surface area contributed by atoms with Gasteiger partial charge in [0.25, 0.3) is 0 Å². The van der Waals surface area contributed by atoms with Crippen LogP contribution in [0, 0.1) is 20.4 Å². The van der Waals surface area contributed by atoms with Gasteiger partial charge >= 0.3 is 0 Å². The van der Waals surface area contributed by atoms with E-state index in [0.717, 1.165) is 11.9 Å². The first-order chi connectivity index (χ1) is 9.67. The van der Waals surface area contributed by atoms with Crippen LogP contribution in [0.3, 0.4) is 0 Å². The van der Waals surface area contributed by atoms with Gasteiger partial charge in [0.2, 0.25) is 6.20 Å². The van der Waals surface area contributed by atoms with Crippen molar-refractivity contribution in [2.24, 2.45) is 0 Å². The molecule has 1 aromatic heterocycles. The maximum Gasteiger partial charge on any atom is 0.203 e. The Balaban J connectivity index is 2.04. The molecule has 0 amide bonds. The maximum atomic E-state index is 7.12. The molecule has 0 aliphatic carbocycles. The molecule has 0 spiro atoms. The fourth-order valence-electron chi connectivity index (χ4n) is 3.01. The lowest BCUT2D eigenvalue weighted by molar-refractivity contribution is -0.749. The predicted octanol–water partition coefficient (Wildman–Crippen LogP) is 3.45. The topological polar surface area (TPSA) is 13.2 Å². The Labute approximate surface area is 117 Å². The fraction of sp³-hybridized carbons (Fsp3) is 0.176. The summed E-state index contributed by atoms with van der Waals surface area (Å²) in [5.74, 6) is 0. The second-order valence-corrected chi connectivity index (χ2v) is 5.46. The van der Waals surface area contributed by atoms with Crippen LogP contribution in [0.15, 0.2) is 36.5 Å². The van der Waals surface area contributed by atoms with Crippen LogP contribution >= 0.6 is 0 Å². The van der Waals surface area contributed by atoms with E-state index in [2.05, 4.69) is 46.4 Å². The molecule has 1 aliphatic heterocycles. The highest BCUT2D eigenvalue weighted by atomic mass is 15.4. The predicted molar refractivity (Wildman–Crippen MR) is 78.3 cm³/mol. The minimum absolute atomic E-state index is 0.697. The van der Waals surface area contributed by atoms with E-state index in [-0.39, 0.29) is 0 Å². The first-order valence-electron chi connectivity index (χ1n) is 6.70. The normalized spacial score (nSPS) is 12.2. The molecule has 3 aromatic rings. The number of rotatable bonds is 0. The summed E-state index contributed by atoms with van der Waals surface area (Å²) in [4.78, 5) is 3.50. The summed E-state index contributed by atoms with van der Waals surface area (Å²) in [5, 5.41) is 1.13. The minimum atomic E-state index is 0.697. The van der Waals surface area contributed by atoms with Crippen molar-refractivity contribution in [1.82, 2.24) is 4.68 Å². The summed E-state index contributed by atoms with van der Waals surface area (Å²) in [7, 11) is 0. The van der Waals surface area contributed by atoms with Crippen molar-refractivity contribution >= 4 is 16.6 Å². The van der Waals surface area contributed by atoms with Crippen LogP contribution in [0.1, 0.15) is 16.7 Å². The summed E-state index contributed by atoms with van der Waals surface area (Å²) >= 11 is 0. The molecule has 0 saturated carbocycles. The van der Waals surface area contributed by atoms with Crippen LogP contribution in [0.2, 0.25) is 0 Å². The highest BCUT2D eigenvalue weighted by Crippen LogP contribution is 2.29. The fourth-order valence-corrected chi connectivity index (χ4v) is 3.01. The molecule has 3 nitrogen and oxygen atoms in total. The molecule has 0 fully saturated rings. The van der Waals surface area contributed by atoms with E-state index in [9.17, 15) is 0 Å².